The van der Waals surface area contributed by atoms with E-state index in [0.717, 1.165) is 23.9 Å². The van der Waals surface area contributed by atoms with Crippen molar-refractivity contribution in [3.63, 3.8) is 0 Å². The largest absolute Gasteiger partial charge is 0.479 e. The van der Waals surface area contributed by atoms with Gasteiger partial charge in [-0.05, 0) is 43.0 Å². The van der Waals surface area contributed by atoms with E-state index in [2.05, 4.69) is 5.32 Å². The molecule has 0 bridgehead atoms. The molecule has 2 rings (SSSR count). The minimum atomic E-state index is 0.106. The second-order valence-electron chi connectivity index (χ2n) is 4.50. The number of hydrogen-bond donors (Lipinski definition) is 1. The molecule has 1 fully saturated rings. The summed E-state index contributed by atoms with van der Waals surface area (Å²) in [4.78, 5) is 0. The van der Waals surface area contributed by atoms with Crippen molar-refractivity contribution in [3.05, 3.63) is 24.3 Å². The molecule has 0 amide bonds. The van der Waals surface area contributed by atoms with Gasteiger partial charge in [0.15, 0.2) is 6.61 Å². The van der Waals surface area contributed by atoms with Gasteiger partial charge in [-0.1, -0.05) is 12.8 Å². The fourth-order valence-electron chi connectivity index (χ4n) is 2.26. The van der Waals surface area contributed by atoms with Crippen LogP contribution in [-0.2, 0) is 0 Å². The molecule has 3 nitrogen and oxygen atoms in total. The second kappa shape index (κ2) is 6.15. The molecule has 1 aromatic carbocycles. The Balaban J connectivity index is 1.79. The lowest BCUT2D eigenvalue weighted by Crippen LogP contribution is -2.10. The van der Waals surface area contributed by atoms with E-state index in [9.17, 15) is 0 Å². The maximum Gasteiger partial charge on any atom is 0.174 e. The van der Waals surface area contributed by atoms with Gasteiger partial charge in [0.1, 0.15) is 11.8 Å². The lowest BCUT2D eigenvalue weighted by molar-refractivity contribution is 0.368. The molecule has 0 saturated heterocycles. The quantitative estimate of drug-likeness (QED) is 0.844. The first-order valence-electron chi connectivity index (χ1n) is 6.22. The monoisotopic (exact) mass is 230 g/mol. The summed E-state index contributed by atoms with van der Waals surface area (Å²) < 4.78 is 5.20. The Bertz CT molecular complexity index is 374. The van der Waals surface area contributed by atoms with Gasteiger partial charge in [0.05, 0.1) is 0 Å². The van der Waals surface area contributed by atoms with Gasteiger partial charge >= 0.3 is 0 Å². The molecular formula is C14H18N2O. The summed E-state index contributed by atoms with van der Waals surface area (Å²) in [6.07, 6.45) is 5.48. The van der Waals surface area contributed by atoms with Gasteiger partial charge < -0.3 is 10.1 Å². The number of nitriles is 1. The smallest absolute Gasteiger partial charge is 0.174 e. The Morgan fingerprint density at radius 2 is 1.94 bits per heavy atom. The summed E-state index contributed by atoms with van der Waals surface area (Å²) in [7, 11) is 0. The SMILES string of the molecule is N#CCOc1ccc(NCC2CCCC2)cc1. The van der Waals surface area contributed by atoms with Gasteiger partial charge in [0, 0.05) is 12.2 Å². The normalized spacial score (nSPS) is 15.5. The van der Waals surface area contributed by atoms with Crippen LogP contribution in [0.2, 0.25) is 0 Å². The van der Waals surface area contributed by atoms with E-state index in [1.807, 2.05) is 30.3 Å². The molecule has 1 aliphatic carbocycles. The van der Waals surface area contributed by atoms with Crippen LogP contribution in [0.3, 0.4) is 0 Å². The van der Waals surface area contributed by atoms with Crippen LogP contribution in [-0.4, -0.2) is 13.2 Å². The van der Waals surface area contributed by atoms with Crippen molar-refractivity contribution >= 4 is 5.69 Å². The van der Waals surface area contributed by atoms with E-state index in [4.69, 9.17) is 10.00 Å². The van der Waals surface area contributed by atoms with Gasteiger partial charge in [0.2, 0.25) is 0 Å². The number of nitrogens with zero attached hydrogens (tertiary/aromatic N) is 1. The van der Waals surface area contributed by atoms with Gasteiger partial charge in [-0.2, -0.15) is 5.26 Å². The number of anilines is 1. The summed E-state index contributed by atoms with van der Waals surface area (Å²) in [6.45, 7) is 1.17. The molecule has 0 radical (unpaired) electrons. The first-order chi connectivity index (χ1) is 8.38. The molecule has 0 aromatic heterocycles. The van der Waals surface area contributed by atoms with E-state index in [0.29, 0.717) is 0 Å². The Morgan fingerprint density at radius 3 is 2.59 bits per heavy atom. The van der Waals surface area contributed by atoms with Crippen LogP contribution in [0.1, 0.15) is 25.7 Å². The van der Waals surface area contributed by atoms with Gasteiger partial charge in [-0.3, -0.25) is 0 Å². The van der Waals surface area contributed by atoms with E-state index < -0.39 is 0 Å². The zero-order valence-corrected chi connectivity index (χ0v) is 9.98. The molecule has 17 heavy (non-hydrogen) atoms. The van der Waals surface area contributed by atoms with E-state index in [1.165, 1.54) is 25.7 Å². The molecule has 1 aromatic rings. The van der Waals surface area contributed by atoms with Crippen LogP contribution in [0.4, 0.5) is 5.69 Å². The Hall–Kier alpha value is -1.69. The zero-order valence-electron chi connectivity index (χ0n) is 9.98. The number of benzene rings is 1. The molecule has 0 heterocycles. The zero-order chi connectivity index (χ0) is 11.9. The maximum atomic E-state index is 8.40. The van der Waals surface area contributed by atoms with Crippen LogP contribution < -0.4 is 10.1 Å². The third-order valence-electron chi connectivity index (χ3n) is 3.23. The molecule has 0 atom stereocenters. The average Bonchev–Trinajstić information content (AvgIpc) is 2.88. The first-order valence-corrected chi connectivity index (χ1v) is 6.22. The highest BCUT2D eigenvalue weighted by atomic mass is 16.5. The highest BCUT2D eigenvalue weighted by Crippen LogP contribution is 2.25. The van der Waals surface area contributed by atoms with E-state index in [1.54, 1.807) is 0 Å². The van der Waals surface area contributed by atoms with Crippen molar-refractivity contribution in [2.24, 2.45) is 5.92 Å². The fraction of sp³-hybridized carbons (Fsp3) is 0.500. The molecule has 1 saturated carbocycles. The molecule has 1 N–H and O–H groups in total. The summed E-state index contributed by atoms with van der Waals surface area (Å²) in [6, 6.07) is 9.75. The standard InChI is InChI=1S/C14H18N2O/c15-9-10-17-14-7-5-13(6-8-14)16-11-12-3-1-2-4-12/h5-8,12,16H,1-4,10-11H2. The first kappa shape index (κ1) is 11.8. The molecule has 0 aliphatic heterocycles. The van der Waals surface area contributed by atoms with Gasteiger partial charge in [-0.15, -0.1) is 0 Å². The molecule has 0 spiro atoms. The van der Waals surface area contributed by atoms with Crippen molar-refractivity contribution in [1.82, 2.24) is 0 Å². The molecule has 3 heteroatoms. The van der Waals surface area contributed by atoms with Crippen molar-refractivity contribution in [1.29, 1.82) is 5.26 Å². The fourth-order valence-corrected chi connectivity index (χ4v) is 2.26. The average molecular weight is 230 g/mol. The van der Waals surface area contributed by atoms with Crippen molar-refractivity contribution in [2.75, 3.05) is 18.5 Å². The minimum absolute atomic E-state index is 0.106. The second-order valence-corrected chi connectivity index (χ2v) is 4.50. The van der Waals surface area contributed by atoms with Crippen molar-refractivity contribution in [2.45, 2.75) is 25.7 Å². The Labute approximate surface area is 102 Å². The van der Waals surface area contributed by atoms with Crippen LogP contribution in [0, 0.1) is 17.2 Å². The topological polar surface area (TPSA) is 45.0 Å². The van der Waals surface area contributed by atoms with Crippen LogP contribution in [0.5, 0.6) is 5.75 Å². The third kappa shape index (κ3) is 3.67. The number of hydrogen-bond acceptors (Lipinski definition) is 3. The van der Waals surface area contributed by atoms with Gasteiger partial charge in [0.25, 0.3) is 0 Å². The maximum absolute atomic E-state index is 8.40. The highest BCUT2D eigenvalue weighted by molar-refractivity contribution is 5.46. The minimum Gasteiger partial charge on any atom is -0.479 e. The summed E-state index contributed by atoms with van der Waals surface area (Å²) in [5.74, 6) is 1.59. The van der Waals surface area contributed by atoms with E-state index >= 15 is 0 Å². The number of rotatable bonds is 5. The van der Waals surface area contributed by atoms with Crippen molar-refractivity contribution in [3.8, 4) is 11.8 Å². The summed E-state index contributed by atoms with van der Waals surface area (Å²) in [5.41, 5.74) is 1.13. The molecule has 0 unspecified atom stereocenters. The Kier molecular flexibility index (Phi) is 4.26. The lowest BCUT2D eigenvalue weighted by Gasteiger charge is -2.12. The van der Waals surface area contributed by atoms with Crippen LogP contribution in [0.15, 0.2) is 24.3 Å². The Morgan fingerprint density at radius 1 is 1.24 bits per heavy atom. The molecular weight excluding hydrogens is 212 g/mol. The van der Waals surface area contributed by atoms with E-state index in [-0.39, 0.29) is 6.61 Å². The predicted octanol–water partition coefficient (Wildman–Crippen LogP) is 3.19. The predicted molar refractivity (Wildman–Crippen MR) is 68.0 cm³/mol. The van der Waals surface area contributed by atoms with Crippen molar-refractivity contribution < 1.29 is 4.74 Å². The molecule has 1 aliphatic rings. The number of nitrogens with one attached hydrogen (secondary N) is 1. The van der Waals surface area contributed by atoms with Crippen LogP contribution in [0.25, 0.3) is 0 Å². The van der Waals surface area contributed by atoms with Crippen LogP contribution >= 0.6 is 0 Å². The number of ether oxygens (including phenoxy) is 1. The summed E-state index contributed by atoms with van der Waals surface area (Å²) in [5, 5.41) is 11.8. The highest BCUT2D eigenvalue weighted by Gasteiger charge is 2.14. The van der Waals surface area contributed by atoms with Gasteiger partial charge in [-0.25, -0.2) is 0 Å². The molecule has 90 valence electrons. The lowest BCUT2D eigenvalue weighted by atomic mass is 10.1. The summed E-state index contributed by atoms with van der Waals surface area (Å²) >= 11 is 0. The third-order valence-corrected chi connectivity index (χ3v) is 3.23.